The number of imidazole rings is 1. The summed E-state index contributed by atoms with van der Waals surface area (Å²) in [6.07, 6.45) is 6.05. The molecule has 7 rings (SSSR count). The minimum atomic E-state index is -3.12. The maximum Gasteiger partial charge on any atom is 0.241 e. The van der Waals surface area contributed by atoms with Crippen molar-refractivity contribution in [1.82, 2.24) is 24.2 Å². The molecule has 4 fully saturated rings. The van der Waals surface area contributed by atoms with Crippen LogP contribution in [-0.4, -0.2) is 77.2 Å². The Morgan fingerprint density at radius 3 is 2.44 bits per heavy atom. The molecule has 10 nitrogen and oxygen atoms in total. The number of piperazine rings is 1. The zero-order valence-electron chi connectivity index (χ0n) is 22.1. The predicted molar refractivity (Wildman–Crippen MR) is 148 cm³/mol. The van der Waals surface area contributed by atoms with Gasteiger partial charge < -0.3 is 19.5 Å². The van der Waals surface area contributed by atoms with Crippen LogP contribution < -0.4 is 15.0 Å². The van der Waals surface area contributed by atoms with Crippen LogP contribution in [0.25, 0.3) is 22.3 Å². The van der Waals surface area contributed by atoms with Crippen molar-refractivity contribution in [3.8, 4) is 17.1 Å². The molecule has 11 heteroatoms. The lowest BCUT2D eigenvalue weighted by molar-refractivity contribution is -0.119. The number of nitrogens with zero attached hydrogens (tertiary/aromatic N) is 5. The van der Waals surface area contributed by atoms with Crippen LogP contribution in [0, 0.1) is 5.92 Å². The van der Waals surface area contributed by atoms with E-state index >= 15 is 0 Å². The third-order valence-electron chi connectivity index (χ3n) is 8.50. The van der Waals surface area contributed by atoms with E-state index in [1.165, 1.54) is 0 Å². The van der Waals surface area contributed by atoms with Crippen molar-refractivity contribution in [3.05, 3.63) is 36.7 Å². The van der Waals surface area contributed by atoms with Crippen LogP contribution in [0.2, 0.25) is 0 Å². The Bertz CT molecular complexity index is 1500. The molecule has 3 aromatic rings. The third kappa shape index (κ3) is 4.75. The average molecular weight is 551 g/mol. The average Bonchev–Trinajstić information content (AvgIpc) is 3.89. The number of sulfonamides is 1. The molecule has 2 atom stereocenters. The maximum absolute atomic E-state index is 12.6. The zero-order chi connectivity index (χ0) is 26.7. The van der Waals surface area contributed by atoms with Crippen LogP contribution in [0.1, 0.15) is 45.1 Å². The summed E-state index contributed by atoms with van der Waals surface area (Å²) in [5.41, 5.74) is 4.60. The molecule has 2 aliphatic heterocycles. The number of hydrogen-bond acceptors (Lipinski definition) is 7. The summed E-state index contributed by atoms with van der Waals surface area (Å²) in [7, 11) is -3.12. The van der Waals surface area contributed by atoms with E-state index in [2.05, 4.69) is 39.0 Å². The summed E-state index contributed by atoms with van der Waals surface area (Å²) in [6, 6.07) is 10.7. The molecule has 0 bridgehead atoms. The van der Waals surface area contributed by atoms with E-state index in [1.807, 2.05) is 19.3 Å². The second-order valence-electron chi connectivity index (χ2n) is 11.3. The first kappa shape index (κ1) is 24.8. The van der Waals surface area contributed by atoms with E-state index in [0.717, 1.165) is 53.7 Å². The normalized spacial score (nSPS) is 23.3. The molecule has 2 saturated carbocycles. The van der Waals surface area contributed by atoms with Crippen molar-refractivity contribution in [2.45, 2.75) is 56.4 Å². The fourth-order valence-electron chi connectivity index (χ4n) is 5.74. The first-order valence-corrected chi connectivity index (χ1v) is 15.5. The summed E-state index contributed by atoms with van der Waals surface area (Å²) in [5, 5.41) is 2.75. The van der Waals surface area contributed by atoms with E-state index in [9.17, 15) is 13.2 Å². The number of benzene rings is 1. The van der Waals surface area contributed by atoms with Gasteiger partial charge in [0.1, 0.15) is 11.6 Å². The summed E-state index contributed by atoms with van der Waals surface area (Å²) in [5.74, 6) is 0.738. The zero-order valence-corrected chi connectivity index (χ0v) is 22.9. The first-order valence-electron chi connectivity index (χ1n) is 14.0. The minimum Gasteiger partial charge on any atom is -0.473 e. The van der Waals surface area contributed by atoms with E-state index in [1.54, 1.807) is 4.31 Å². The number of hydrogen-bond donors (Lipinski definition) is 1. The Labute approximate surface area is 228 Å². The van der Waals surface area contributed by atoms with Crippen molar-refractivity contribution < 1.29 is 17.9 Å². The lowest BCUT2D eigenvalue weighted by atomic mass is 10.0. The van der Waals surface area contributed by atoms with Gasteiger partial charge in [0.2, 0.25) is 21.8 Å². The van der Waals surface area contributed by atoms with Gasteiger partial charge in [-0.25, -0.2) is 18.4 Å². The maximum atomic E-state index is 12.6. The van der Waals surface area contributed by atoms with Crippen LogP contribution in [0.3, 0.4) is 0 Å². The molecule has 0 spiro atoms. The SMILES string of the molecule is C[C@@H](Oc1nc(-c2ccc(N3CCN(S(=O)(=O)C4CC4)CC3)cc2)cc2ncn(C3CC3)c12)C1CNC(=O)C1. The van der Waals surface area contributed by atoms with Crippen LogP contribution in [-0.2, 0) is 14.8 Å². The number of aromatic nitrogens is 3. The van der Waals surface area contributed by atoms with Gasteiger partial charge in [0, 0.05) is 62.4 Å². The number of anilines is 1. The van der Waals surface area contributed by atoms with Gasteiger partial charge >= 0.3 is 0 Å². The third-order valence-corrected chi connectivity index (χ3v) is 10.9. The van der Waals surface area contributed by atoms with E-state index in [0.29, 0.717) is 51.1 Å². The number of carbonyl (C=O) groups is 1. The Morgan fingerprint density at radius 1 is 1.05 bits per heavy atom. The number of ether oxygens (including phenoxy) is 1. The topological polar surface area (TPSA) is 110 Å². The summed E-state index contributed by atoms with van der Waals surface area (Å²) in [6.45, 7) is 5.05. The van der Waals surface area contributed by atoms with Gasteiger partial charge in [-0.05, 0) is 50.8 Å². The number of amides is 1. The van der Waals surface area contributed by atoms with Gasteiger partial charge in [0.05, 0.1) is 22.8 Å². The molecule has 0 radical (unpaired) electrons. The highest BCUT2D eigenvalue weighted by Crippen LogP contribution is 2.40. The van der Waals surface area contributed by atoms with E-state index in [4.69, 9.17) is 14.7 Å². The van der Waals surface area contributed by atoms with Gasteiger partial charge in [-0.1, -0.05) is 12.1 Å². The van der Waals surface area contributed by atoms with Crippen molar-refractivity contribution in [2.24, 2.45) is 5.92 Å². The predicted octanol–water partition coefficient (Wildman–Crippen LogP) is 2.95. The highest BCUT2D eigenvalue weighted by atomic mass is 32.2. The standard InChI is InChI=1S/C28H34N6O4S/c1-18(20-14-26(35)29-16-20)38-28-27-25(30-17-34(27)22-6-7-22)15-24(31-28)19-2-4-21(5-3-19)32-10-12-33(13-11-32)39(36,37)23-8-9-23/h2-5,15,17-18,20,22-23H,6-14,16H2,1H3,(H,29,35)/t18-,20?/m1/s1. The first-order chi connectivity index (χ1) is 18.9. The Balaban J connectivity index is 1.12. The minimum absolute atomic E-state index is 0.0661. The molecule has 39 heavy (non-hydrogen) atoms. The summed E-state index contributed by atoms with van der Waals surface area (Å²) < 4.78 is 35.4. The van der Waals surface area contributed by atoms with Gasteiger partial charge in [0.25, 0.3) is 0 Å². The largest absolute Gasteiger partial charge is 0.473 e. The molecular weight excluding hydrogens is 516 g/mol. The van der Waals surface area contributed by atoms with Crippen molar-refractivity contribution in [2.75, 3.05) is 37.6 Å². The van der Waals surface area contributed by atoms with Crippen LogP contribution in [0.15, 0.2) is 36.7 Å². The lowest BCUT2D eigenvalue weighted by Crippen LogP contribution is -2.49. The molecule has 2 saturated heterocycles. The Morgan fingerprint density at radius 2 is 1.79 bits per heavy atom. The van der Waals surface area contributed by atoms with E-state index in [-0.39, 0.29) is 23.2 Å². The van der Waals surface area contributed by atoms with Crippen molar-refractivity contribution in [1.29, 1.82) is 0 Å². The quantitative estimate of drug-likeness (QED) is 0.459. The van der Waals surface area contributed by atoms with Crippen LogP contribution in [0.5, 0.6) is 5.88 Å². The lowest BCUT2D eigenvalue weighted by Gasteiger charge is -2.35. The molecule has 1 unspecified atom stereocenters. The fraction of sp³-hybridized carbons (Fsp3) is 0.536. The van der Waals surface area contributed by atoms with Crippen LogP contribution in [0.4, 0.5) is 5.69 Å². The molecule has 1 amide bonds. The highest BCUT2D eigenvalue weighted by Gasteiger charge is 2.41. The Kier molecular flexibility index (Phi) is 6.04. The number of pyridine rings is 1. The van der Waals surface area contributed by atoms with Crippen LogP contribution >= 0.6 is 0 Å². The van der Waals surface area contributed by atoms with E-state index < -0.39 is 10.0 Å². The smallest absolute Gasteiger partial charge is 0.241 e. The van der Waals surface area contributed by atoms with Crippen molar-refractivity contribution in [3.63, 3.8) is 0 Å². The van der Waals surface area contributed by atoms with Crippen molar-refractivity contribution >= 4 is 32.7 Å². The highest BCUT2D eigenvalue weighted by molar-refractivity contribution is 7.90. The summed E-state index contributed by atoms with van der Waals surface area (Å²) >= 11 is 0. The fourth-order valence-corrected chi connectivity index (χ4v) is 7.56. The number of carbonyl (C=O) groups excluding carboxylic acids is 1. The molecular formula is C28H34N6O4S. The molecule has 4 aliphatic rings. The molecule has 1 N–H and O–H groups in total. The summed E-state index contributed by atoms with van der Waals surface area (Å²) in [4.78, 5) is 23.7. The van der Waals surface area contributed by atoms with Gasteiger partial charge in [-0.3, -0.25) is 4.79 Å². The van der Waals surface area contributed by atoms with Gasteiger partial charge in [-0.15, -0.1) is 0 Å². The Hall–Kier alpha value is -3.18. The second kappa shape index (κ2) is 9.48. The number of fused-ring (bicyclic) bond motifs is 1. The monoisotopic (exact) mass is 550 g/mol. The molecule has 206 valence electrons. The van der Waals surface area contributed by atoms with Gasteiger partial charge in [-0.2, -0.15) is 4.31 Å². The molecule has 2 aliphatic carbocycles. The number of nitrogens with one attached hydrogen (secondary N) is 1. The molecule has 4 heterocycles. The number of rotatable bonds is 8. The van der Waals surface area contributed by atoms with Gasteiger partial charge in [0.15, 0.2) is 0 Å². The second-order valence-corrected chi connectivity index (χ2v) is 13.5. The molecule has 1 aromatic carbocycles. The molecule has 2 aromatic heterocycles.